The van der Waals surface area contributed by atoms with E-state index in [4.69, 9.17) is 0 Å². The Labute approximate surface area is 176 Å². The van der Waals surface area contributed by atoms with E-state index in [2.05, 4.69) is 10.1 Å². The molecule has 1 fully saturated rings. The van der Waals surface area contributed by atoms with Gasteiger partial charge in [0.25, 0.3) is 5.91 Å². The van der Waals surface area contributed by atoms with E-state index in [0.717, 1.165) is 33.9 Å². The van der Waals surface area contributed by atoms with Crippen molar-refractivity contribution in [1.29, 1.82) is 0 Å². The number of carbonyl (C=O) groups excluding carboxylic acids is 1. The fraction of sp³-hybridized carbons (Fsp3) is 0.476. The SMILES string of the molecule is CCc1cc(C(F)(F)F)n2nc([C@H]3CCCN(C(=O)c4cc(C)c(C)s4)C3)cc2n1. The van der Waals surface area contributed by atoms with Crippen LogP contribution in [0.5, 0.6) is 0 Å². The van der Waals surface area contributed by atoms with Crippen molar-refractivity contribution in [3.63, 3.8) is 0 Å². The number of alkyl halides is 3. The molecule has 1 aliphatic heterocycles. The average Bonchev–Trinajstić information content (AvgIpc) is 3.29. The molecule has 0 saturated carbocycles. The molecule has 0 spiro atoms. The van der Waals surface area contributed by atoms with Crippen LogP contribution in [0.15, 0.2) is 18.2 Å². The fourth-order valence-electron chi connectivity index (χ4n) is 3.86. The van der Waals surface area contributed by atoms with E-state index in [0.29, 0.717) is 35.8 Å². The van der Waals surface area contributed by atoms with Crippen molar-refractivity contribution in [2.24, 2.45) is 0 Å². The maximum absolute atomic E-state index is 13.5. The molecule has 4 rings (SSSR count). The predicted molar refractivity (Wildman–Crippen MR) is 109 cm³/mol. The van der Waals surface area contributed by atoms with E-state index < -0.39 is 11.9 Å². The van der Waals surface area contributed by atoms with Gasteiger partial charge in [0.15, 0.2) is 5.65 Å². The first-order chi connectivity index (χ1) is 14.2. The number of fused-ring (bicyclic) bond motifs is 1. The smallest absolute Gasteiger partial charge is 0.337 e. The van der Waals surface area contributed by atoms with Crippen LogP contribution in [0, 0.1) is 13.8 Å². The molecule has 9 heteroatoms. The molecule has 30 heavy (non-hydrogen) atoms. The minimum Gasteiger partial charge on any atom is -0.337 e. The molecule has 160 valence electrons. The monoisotopic (exact) mass is 436 g/mol. The fourth-order valence-corrected chi connectivity index (χ4v) is 4.87. The van der Waals surface area contributed by atoms with Gasteiger partial charge in [-0.25, -0.2) is 9.50 Å². The van der Waals surface area contributed by atoms with Crippen LogP contribution in [-0.2, 0) is 12.6 Å². The van der Waals surface area contributed by atoms with Crippen LogP contribution >= 0.6 is 11.3 Å². The molecule has 0 radical (unpaired) electrons. The summed E-state index contributed by atoms with van der Waals surface area (Å²) in [6.45, 7) is 6.83. The van der Waals surface area contributed by atoms with Crippen molar-refractivity contribution in [2.75, 3.05) is 13.1 Å². The van der Waals surface area contributed by atoms with Crippen LogP contribution in [0.1, 0.15) is 62.9 Å². The topological polar surface area (TPSA) is 50.5 Å². The van der Waals surface area contributed by atoms with Gasteiger partial charge in [0.1, 0.15) is 5.69 Å². The number of aromatic nitrogens is 3. The number of thiophene rings is 1. The Kier molecular flexibility index (Phi) is 5.34. The Morgan fingerprint density at radius 3 is 2.67 bits per heavy atom. The Morgan fingerprint density at radius 1 is 1.27 bits per heavy atom. The van der Waals surface area contributed by atoms with Crippen molar-refractivity contribution in [3.05, 3.63) is 50.6 Å². The molecule has 3 aromatic heterocycles. The van der Waals surface area contributed by atoms with Crippen molar-refractivity contribution in [1.82, 2.24) is 19.5 Å². The second kappa shape index (κ2) is 7.68. The third kappa shape index (κ3) is 3.82. The highest BCUT2D eigenvalue weighted by molar-refractivity contribution is 7.14. The lowest BCUT2D eigenvalue weighted by Crippen LogP contribution is -2.38. The number of likely N-dealkylation sites (tertiary alicyclic amines) is 1. The summed E-state index contributed by atoms with van der Waals surface area (Å²) in [4.78, 5) is 20.9. The molecule has 5 nitrogen and oxygen atoms in total. The molecular weight excluding hydrogens is 413 g/mol. The van der Waals surface area contributed by atoms with Crippen molar-refractivity contribution < 1.29 is 18.0 Å². The van der Waals surface area contributed by atoms with Crippen molar-refractivity contribution in [2.45, 2.75) is 52.1 Å². The van der Waals surface area contributed by atoms with Gasteiger partial charge in [0.2, 0.25) is 0 Å². The molecule has 3 aromatic rings. The summed E-state index contributed by atoms with van der Waals surface area (Å²) in [5.74, 6) is -0.134. The maximum Gasteiger partial charge on any atom is 0.433 e. The van der Waals surface area contributed by atoms with Gasteiger partial charge >= 0.3 is 6.18 Å². The average molecular weight is 437 g/mol. The zero-order chi connectivity index (χ0) is 21.6. The molecule has 1 atom stereocenters. The van der Waals surface area contributed by atoms with Crippen LogP contribution in [0.3, 0.4) is 0 Å². The lowest BCUT2D eigenvalue weighted by atomic mass is 9.95. The summed E-state index contributed by atoms with van der Waals surface area (Å²) >= 11 is 1.48. The number of halogens is 3. The molecule has 1 saturated heterocycles. The number of hydrogen-bond donors (Lipinski definition) is 0. The second-order valence-corrected chi connectivity index (χ2v) is 9.02. The number of hydrogen-bond acceptors (Lipinski definition) is 4. The number of nitrogens with zero attached hydrogens (tertiary/aromatic N) is 4. The van der Waals surface area contributed by atoms with Crippen LogP contribution in [0.4, 0.5) is 13.2 Å². The van der Waals surface area contributed by atoms with E-state index in [1.165, 1.54) is 11.3 Å². The lowest BCUT2D eigenvalue weighted by Gasteiger charge is -2.31. The number of amides is 1. The van der Waals surface area contributed by atoms with Crippen LogP contribution in [0.2, 0.25) is 0 Å². The number of rotatable bonds is 3. The molecule has 1 amide bonds. The highest BCUT2D eigenvalue weighted by Gasteiger charge is 2.36. The molecular formula is C21H23F3N4OS. The summed E-state index contributed by atoms with van der Waals surface area (Å²) in [6.07, 6.45) is -2.55. The van der Waals surface area contributed by atoms with Gasteiger partial charge in [-0.05, 0) is 50.8 Å². The van der Waals surface area contributed by atoms with Gasteiger partial charge in [0, 0.05) is 35.6 Å². The minimum absolute atomic E-state index is 0.0213. The largest absolute Gasteiger partial charge is 0.433 e. The summed E-state index contributed by atoms with van der Waals surface area (Å²) in [5.41, 5.74) is 1.41. The zero-order valence-electron chi connectivity index (χ0n) is 17.1. The van der Waals surface area contributed by atoms with Crippen LogP contribution in [-0.4, -0.2) is 38.5 Å². The Hall–Kier alpha value is -2.42. The Morgan fingerprint density at radius 2 is 2.03 bits per heavy atom. The van der Waals surface area contributed by atoms with Crippen molar-refractivity contribution in [3.8, 4) is 0 Å². The normalized spacial score (nSPS) is 17.7. The van der Waals surface area contributed by atoms with Crippen LogP contribution < -0.4 is 0 Å². The second-order valence-electron chi connectivity index (χ2n) is 7.76. The van der Waals surface area contributed by atoms with Gasteiger partial charge in [-0.3, -0.25) is 4.79 Å². The standard InChI is InChI=1S/C21H23F3N4OS/c1-4-15-9-18(21(22,23)24)28-19(25-15)10-16(26-28)14-6-5-7-27(11-14)20(29)17-8-12(2)13(3)30-17/h8-10,14H,4-7,11H2,1-3H3/t14-/m0/s1. The molecule has 4 heterocycles. The quantitative estimate of drug-likeness (QED) is 0.580. The highest BCUT2D eigenvalue weighted by Crippen LogP contribution is 2.33. The predicted octanol–water partition coefficient (Wildman–Crippen LogP) is 5.01. The molecule has 1 aliphatic rings. The van der Waals surface area contributed by atoms with Crippen molar-refractivity contribution >= 4 is 22.9 Å². The summed E-state index contributed by atoms with van der Waals surface area (Å²) in [7, 11) is 0. The third-order valence-corrected chi connectivity index (χ3v) is 6.80. The van der Waals surface area contributed by atoms with Gasteiger partial charge < -0.3 is 4.90 Å². The van der Waals surface area contributed by atoms with E-state index in [-0.39, 0.29) is 17.5 Å². The number of piperidine rings is 1. The zero-order valence-corrected chi connectivity index (χ0v) is 17.9. The van der Waals surface area contributed by atoms with E-state index in [1.807, 2.05) is 19.9 Å². The molecule has 0 aromatic carbocycles. The first kappa shape index (κ1) is 20.8. The highest BCUT2D eigenvalue weighted by atomic mass is 32.1. The number of carbonyl (C=O) groups is 1. The van der Waals surface area contributed by atoms with E-state index in [1.54, 1.807) is 17.9 Å². The van der Waals surface area contributed by atoms with Crippen LogP contribution in [0.25, 0.3) is 5.65 Å². The minimum atomic E-state index is -4.52. The molecule has 0 aliphatic carbocycles. The molecule has 0 unspecified atom stereocenters. The molecule has 0 bridgehead atoms. The van der Waals surface area contributed by atoms with E-state index in [9.17, 15) is 18.0 Å². The number of aryl methyl sites for hydroxylation is 3. The third-order valence-electron chi connectivity index (χ3n) is 5.66. The van der Waals surface area contributed by atoms with E-state index >= 15 is 0 Å². The van der Waals surface area contributed by atoms with Gasteiger partial charge in [-0.2, -0.15) is 18.3 Å². The first-order valence-electron chi connectivity index (χ1n) is 10.0. The Balaban J connectivity index is 1.64. The lowest BCUT2D eigenvalue weighted by molar-refractivity contribution is -0.142. The first-order valence-corrected chi connectivity index (χ1v) is 10.8. The summed E-state index contributed by atoms with van der Waals surface area (Å²) < 4.78 is 41.5. The Bertz CT molecular complexity index is 1080. The summed E-state index contributed by atoms with van der Waals surface area (Å²) in [6, 6.07) is 4.59. The van der Waals surface area contributed by atoms with Gasteiger partial charge in [-0.1, -0.05) is 6.92 Å². The molecule has 0 N–H and O–H groups in total. The van der Waals surface area contributed by atoms with Gasteiger partial charge in [0.05, 0.1) is 10.6 Å². The maximum atomic E-state index is 13.5. The van der Waals surface area contributed by atoms with Gasteiger partial charge in [-0.15, -0.1) is 11.3 Å². The summed E-state index contributed by atoms with van der Waals surface area (Å²) in [5, 5.41) is 4.26.